The first-order valence-corrected chi connectivity index (χ1v) is 9.50. The van der Waals surface area contributed by atoms with Crippen LogP contribution in [0.4, 0.5) is 0 Å². The minimum Gasteiger partial charge on any atom is -0.496 e. The predicted molar refractivity (Wildman–Crippen MR) is 110 cm³/mol. The van der Waals surface area contributed by atoms with Crippen molar-refractivity contribution in [2.45, 2.75) is 20.4 Å². The molecule has 1 heterocycles. The van der Waals surface area contributed by atoms with E-state index in [4.69, 9.17) is 20.9 Å². The minimum atomic E-state index is -0.124. The van der Waals surface area contributed by atoms with Gasteiger partial charge in [-0.15, -0.1) is 0 Å². The first-order valence-electron chi connectivity index (χ1n) is 9.12. The lowest BCUT2D eigenvalue weighted by molar-refractivity contribution is 0.0719. The Morgan fingerprint density at radius 3 is 2.61 bits per heavy atom. The summed E-state index contributed by atoms with van der Waals surface area (Å²) in [5.74, 6) is 1.48. The van der Waals surface area contributed by atoms with E-state index in [2.05, 4.69) is 19.0 Å². The highest BCUT2D eigenvalue weighted by molar-refractivity contribution is 6.33. The van der Waals surface area contributed by atoms with Gasteiger partial charge in [0.2, 0.25) is 0 Å². The van der Waals surface area contributed by atoms with Gasteiger partial charge in [-0.05, 0) is 30.2 Å². The number of carbonyl (C=O) groups excluding carboxylic acids is 1. The topological polar surface area (TPSA) is 55.6 Å². The first-order chi connectivity index (χ1) is 13.5. The van der Waals surface area contributed by atoms with Crippen molar-refractivity contribution in [3.05, 3.63) is 70.9 Å². The monoisotopic (exact) mass is 398 g/mol. The van der Waals surface area contributed by atoms with Crippen LogP contribution >= 0.6 is 11.6 Å². The third kappa shape index (κ3) is 4.54. The van der Waals surface area contributed by atoms with E-state index in [0.717, 1.165) is 5.56 Å². The number of carbonyl (C=O) groups is 1. The molecule has 3 rings (SSSR count). The number of aromatic nitrogens is 1. The van der Waals surface area contributed by atoms with E-state index in [1.54, 1.807) is 24.1 Å². The standard InChI is InChI=1S/C22H23ClN2O3/c1-15(2)13-25(22(26)17-8-4-6-10-19(17)23)14-16-12-21(28-24-16)18-9-5-7-11-20(18)27-3/h4-12,15H,13-14H2,1-3H3. The molecule has 0 saturated carbocycles. The van der Waals surface area contributed by atoms with Gasteiger partial charge in [-0.1, -0.05) is 54.9 Å². The van der Waals surface area contributed by atoms with Crippen molar-refractivity contribution in [1.82, 2.24) is 10.1 Å². The molecule has 6 heteroatoms. The Kier molecular flexibility index (Phi) is 6.37. The lowest BCUT2D eigenvalue weighted by Crippen LogP contribution is -2.34. The quantitative estimate of drug-likeness (QED) is 0.541. The molecule has 0 atom stereocenters. The van der Waals surface area contributed by atoms with E-state index < -0.39 is 0 Å². The highest BCUT2D eigenvalue weighted by Gasteiger charge is 2.21. The van der Waals surface area contributed by atoms with Crippen molar-refractivity contribution in [2.24, 2.45) is 5.92 Å². The summed E-state index contributed by atoms with van der Waals surface area (Å²) in [6, 6.07) is 16.5. The van der Waals surface area contributed by atoms with E-state index in [-0.39, 0.29) is 5.91 Å². The van der Waals surface area contributed by atoms with E-state index in [1.807, 2.05) is 42.5 Å². The molecule has 28 heavy (non-hydrogen) atoms. The zero-order valence-electron chi connectivity index (χ0n) is 16.2. The van der Waals surface area contributed by atoms with Crippen molar-refractivity contribution in [3.63, 3.8) is 0 Å². The molecule has 1 aromatic heterocycles. The Labute approximate surface area is 169 Å². The van der Waals surface area contributed by atoms with Crippen LogP contribution < -0.4 is 4.74 Å². The van der Waals surface area contributed by atoms with Gasteiger partial charge in [0.25, 0.3) is 5.91 Å². The third-order valence-corrected chi connectivity index (χ3v) is 4.59. The van der Waals surface area contributed by atoms with Crippen LogP contribution in [0.15, 0.2) is 59.1 Å². The highest BCUT2D eigenvalue weighted by Crippen LogP contribution is 2.30. The molecule has 0 spiro atoms. The maximum absolute atomic E-state index is 13.0. The van der Waals surface area contributed by atoms with Crippen LogP contribution in [0.2, 0.25) is 5.02 Å². The second-order valence-electron chi connectivity index (χ2n) is 6.94. The van der Waals surface area contributed by atoms with Crippen LogP contribution in [0.1, 0.15) is 29.9 Å². The summed E-state index contributed by atoms with van der Waals surface area (Å²) < 4.78 is 10.9. The van der Waals surface area contributed by atoms with Crippen LogP contribution in [0.25, 0.3) is 11.3 Å². The van der Waals surface area contributed by atoms with Gasteiger partial charge in [0.15, 0.2) is 5.76 Å². The summed E-state index contributed by atoms with van der Waals surface area (Å²) in [6.45, 7) is 5.05. The van der Waals surface area contributed by atoms with Gasteiger partial charge in [-0.3, -0.25) is 4.79 Å². The molecular formula is C22H23ClN2O3. The van der Waals surface area contributed by atoms with E-state index in [0.29, 0.717) is 46.8 Å². The number of ether oxygens (including phenoxy) is 1. The number of para-hydroxylation sites is 1. The summed E-state index contributed by atoms with van der Waals surface area (Å²) in [5, 5.41) is 4.60. The number of halogens is 1. The van der Waals surface area contributed by atoms with Crippen molar-refractivity contribution >= 4 is 17.5 Å². The average molecular weight is 399 g/mol. The lowest BCUT2D eigenvalue weighted by atomic mass is 10.1. The third-order valence-electron chi connectivity index (χ3n) is 4.26. The van der Waals surface area contributed by atoms with Gasteiger partial charge < -0.3 is 14.2 Å². The number of hydrogen-bond donors (Lipinski definition) is 0. The Balaban J connectivity index is 1.85. The van der Waals surface area contributed by atoms with Crippen LogP contribution in [0.3, 0.4) is 0 Å². The summed E-state index contributed by atoms with van der Waals surface area (Å²) in [7, 11) is 1.61. The first kappa shape index (κ1) is 20.0. The van der Waals surface area contributed by atoms with Crippen LogP contribution in [0.5, 0.6) is 5.75 Å². The number of hydrogen-bond acceptors (Lipinski definition) is 4. The van der Waals surface area contributed by atoms with Crippen LogP contribution in [-0.4, -0.2) is 29.6 Å². The molecule has 0 aliphatic heterocycles. The van der Waals surface area contributed by atoms with Gasteiger partial charge in [0.1, 0.15) is 11.4 Å². The van der Waals surface area contributed by atoms with Gasteiger partial charge in [0, 0.05) is 12.6 Å². The van der Waals surface area contributed by atoms with Crippen molar-refractivity contribution < 1.29 is 14.1 Å². The molecule has 0 saturated heterocycles. The fourth-order valence-electron chi connectivity index (χ4n) is 3.02. The van der Waals surface area contributed by atoms with Gasteiger partial charge in [-0.2, -0.15) is 0 Å². The Morgan fingerprint density at radius 2 is 1.89 bits per heavy atom. The molecule has 0 N–H and O–H groups in total. The molecule has 0 radical (unpaired) electrons. The maximum atomic E-state index is 13.0. The van der Waals surface area contributed by atoms with Crippen LogP contribution in [0, 0.1) is 5.92 Å². The van der Waals surface area contributed by atoms with Gasteiger partial charge >= 0.3 is 0 Å². The van der Waals surface area contributed by atoms with E-state index in [9.17, 15) is 4.79 Å². The van der Waals surface area contributed by atoms with Crippen molar-refractivity contribution in [2.75, 3.05) is 13.7 Å². The highest BCUT2D eigenvalue weighted by atomic mass is 35.5. The molecular weight excluding hydrogens is 376 g/mol. The molecule has 0 aliphatic carbocycles. The zero-order valence-corrected chi connectivity index (χ0v) is 16.9. The molecule has 0 fully saturated rings. The summed E-state index contributed by atoms with van der Waals surface area (Å²) in [5.41, 5.74) is 1.97. The smallest absolute Gasteiger partial charge is 0.255 e. The van der Waals surface area contributed by atoms with Crippen molar-refractivity contribution in [1.29, 1.82) is 0 Å². The fraction of sp³-hybridized carbons (Fsp3) is 0.273. The largest absolute Gasteiger partial charge is 0.496 e. The number of methoxy groups -OCH3 is 1. The van der Waals surface area contributed by atoms with Gasteiger partial charge in [-0.25, -0.2) is 0 Å². The summed E-state index contributed by atoms with van der Waals surface area (Å²) in [6.07, 6.45) is 0. The SMILES string of the molecule is COc1ccccc1-c1cc(CN(CC(C)C)C(=O)c2ccccc2Cl)no1. The molecule has 0 bridgehead atoms. The van der Waals surface area contributed by atoms with Crippen LogP contribution in [-0.2, 0) is 6.54 Å². The Bertz CT molecular complexity index is 952. The Morgan fingerprint density at radius 1 is 1.18 bits per heavy atom. The molecule has 146 valence electrons. The second-order valence-corrected chi connectivity index (χ2v) is 7.35. The molecule has 2 aromatic carbocycles. The lowest BCUT2D eigenvalue weighted by Gasteiger charge is -2.24. The number of benzene rings is 2. The molecule has 1 amide bonds. The second kappa shape index (κ2) is 8.93. The zero-order chi connectivity index (χ0) is 20.1. The Hall–Kier alpha value is -2.79. The molecule has 5 nitrogen and oxygen atoms in total. The number of nitrogens with zero attached hydrogens (tertiary/aromatic N) is 2. The minimum absolute atomic E-state index is 0.124. The van der Waals surface area contributed by atoms with Crippen molar-refractivity contribution in [3.8, 4) is 17.1 Å². The average Bonchev–Trinajstić information content (AvgIpc) is 3.15. The maximum Gasteiger partial charge on any atom is 0.255 e. The van der Waals surface area contributed by atoms with Gasteiger partial charge in [0.05, 0.1) is 29.8 Å². The predicted octanol–water partition coefficient (Wildman–Crippen LogP) is 5.30. The number of amides is 1. The normalized spacial score (nSPS) is 10.9. The molecule has 3 aromatic rings. The fourth-order valence-corrected chi connectivity index (χ4v) is 3.24. The van der Waals surface area contributed by atoms with E-state index >= 15 is 0 Å². The summed E-state index contributed by atoms with van der Waals surface area (Å²) in [4.78, 5) is 14.8. The number of rotatable bonds is 7. The molecule has 0 aliphatic rings. The summed E-state index contributed by atoms with van der Waals surface area (Å²) >= 11 is 6.22. The van der Waals surface area contributed by atoms with E-state index in [1.165, 1.54) is 0 Å². The molecule has 0 unspecified atom stereocenters.